The van der Waals surface area contributed by atoms with Crippen molar-refractivity contribution in [2.75, 3.05) is 20.1 Å². The van der Waals surface area contributed by atoms with E-state index in [0.717, 1.165) is 25.2 Å². The van der Waals surface area contributed by atoms with Crippen molar-refractivity contribution in [3.63, 3.8) is 0 Å². The van der Waals surface area contributed by atoms with E-state index in [2.05, 4.69) is 41.5 Å². The summed E-state index contributed by atoms with van der Waals surface area (Å²) in [6.07, 6.45) is 2.50. The minimum absolute atomic E-state index is 0. The molecule has 0 amide bonds. The summed E-state index contributed by atoms with van der Waals surface area (Å²) in [7, 11) is 2.22. The zero-order valence-corrected chi connectivity index (χ0v) is 14.0. The van der Waals surface area contributed by atoms with Gasteiger partial charge in [0.25, 0.3) is 0 Å². The van der Waals surface area contributed by atoms with E-state index in [9.17, 15) is 0 Å². The summed E-state index contributed by atoms with van der Waals surface area (Å²) in [6.45, 7) is 3.27. The molecule has 0 aliphatic carbocycles. The summed E-state index contributed by atoms with van der Waals surface area (Å²) in [5.74, 6) is 0. The molecule has 0 saturated carbocycles. The zero-order chi connectivity index (χ0) is 12.4. The molecule has 20 heavy (non-hydrogen) atoms. The van der Waals surface area contributed by atoms with Crippen molar-refractivity contribution in [1.29, 1.82) is 0 Å². The van der Waals surface area contributed by atoms with Gasteiger partial charge in [-0.05, 0) is 45.1 Å². The van der Waals surface area contributed by atoms with Crippen LogP contribution < -0.4 is 5.32 Å². The smallest absolute Gasteiger partial charge is 0.108 e. The Morgan fingerprint density at radius 2 is 1.95 bits per heavy atom. The quantitative estimate of drug-likeness (QED) is 0.933. The molecular weight excluding hydrogens is 313 g/mol. The first-order valence-corrected chi connectivity index (χ1v) is 7.40. The van der Waals surface area contributed by atoms with E-state index in [0.29, 0.717) is 6.04 Å². The fourth-order valence-corrected chi connectivity index (χ4v) is 3.61. The van der Waals surface area contributed by atoms with E-state index in [1.807, 2.05) is 11.3 Å². The second kappa shape index (κ2) is 8.15. The molecular formula is C14H21Cl2N3S. The highest BCUT2D eigenvalue weighted by atomic mass is 35.5. The average molecular weight is 334 g/mol. The van der Waals surface area contributed by atoms with Gasteiger partial charge in [-0.3, -0.25) is 4.90 Å². The van der Waals surface area contributed by atoms with Gasteiger partial charge < -0.3 is 5.32 Å². The number of piperidine rings is 1. The third kappa shape index (κ3) is 4.06. The summed E-state index contributed by atoms with van der Waals surface area (Å²) in [6, 6.07) is 9.10. The zero-order valence-electron chi connectivity index (χ0n) is 11.5. The third-order valence-electron chi connectivity index (χ3n) is 3.65. The number of hydrogen-bond acceptors (Lipinski definition) is 4. The van der Waals surface area contributed by atoms with Crippen molar-refractivity contribution in [2.24, 2.45) is 0 Å². The largest absolute Gasteiger partial charge is 0.317 e. The van der Waals surface area contributed by atoms with Crippen molar-refractivity contribution < 1.29 is 0 Å². The van der Waals surface area contributed by atoms with Crippen molar-refractivity contribution in [3.8, 4) is 0 Å². The van der Waals surface area contributed by atoms with Crippen LogP contribution in [0.4, 0.5) is 0 Å². The molecule has 112 valence electrons. The Morgan fingerprint density at radius 3 is 2.65 bits per heavy atom. The van der Waals surface area contributed by atoms with Crippen LogP contribution in [0.5, 0.6) is 0 Å². The number of thiazole rings is 1. The normalized spacial score (nSPS) is 15.9. The van der Waals surface area contributed by atoms with Crippen LogP contribution in [0.2, 0.25) is 0 Å². The molecule has 2 heterocycles. The Morgan fingerprint density at radius 1 is 1.25 bits per heavy atom. The van der Waals surface area contributed by atoms with Crippen LogP contribution in [-0.4, -0.2) is 36.1 Å². The number of hydrogen-bond donors (Lipinski definition) is 1. The predicted octanol–water partition coefficient (Wildman–Crippen LogP) is 3.32. The van der Waals surface area contributed by atoms with Crippen LogP contribution in [-0.2, 0) is 6.54 Å². The van der Waals surface area contributed by atoms with Crippen LogP contribution in [0, 0.1) is 0 Å². The van der Waals surface area contributed by atoms with Crippen molar-refractivity contribution >= 4 is 46.4 Å². The number of nitrogens with zero attached hydrogens (tertiary/aromatic N) is 2. The molecule has 0 unspecified atom stereocenters. The van der Waals surface area contributed by atoms with Gasteiger partial charge in [-0.15, -0.1) is 36.2 Å². The van der Waals surface area contributed by atoms with Gasteiger partial charge in [0.05, 0.1) is 16.8 Å². The molecule has 2 aromatic rings. The minimum atomic E-state index is 0. The van der Waals surface area contributed by atoms with Gasteiger partial charge in [0.2, 0.25) is 0 Å². The van der Waals surface area contributed by atoms with E-state index in [1.54, 1.807) is 0 Å². The first-order chi connectivity index (χ1) is 8.83. The van der Waals surface area contributed by atoms with Crippen molar-refractivity contribution in [2.45, 2.75) is 25.4 Å². The van der Waals surface area contributed by atoms with Gasteiger partial charge in [-0.2, -0.15) is 0 Å². The molecule has 1 aliphatic rings. The molecule has 0 bridgehead atoms. The summed E-state index contributed by atoms with van der Waals surface area (Å²) >= 11 is 1.82. The number of benzene rings is 1. The summed E-state index contributed by atoms with van der Waals surface area (Å²) < 4.78 is 1.30. The lowest BCUT2D eigenvalue weighted by molar-refractivity contribution is 0.191. The molecule has 1 N–H and O–H groups in total. The van der Waals surface area contributed by atoms with E-state index < -0.39 is 0 Å². The molecule has 0 radical (unpaired) electrons. The number of para-hydroxylation sites is 1. The van der Waals surface area contributed by atoms with Crippen molar-refractivity contribution in [3.05, 3.63) is 29.3 Å². The first kappa shape index (κ1) is 17.7. The predicted molar refractivity (Wildman–Crippen MR) is 91.5 cm³/mol. The van der Waals surface area contributed by atoms with Gasteiger partial charge in [0, 0.05) is 6.04 Å². The number of halogens is 2. The monoisotopic (exact) mass is 333 g/mol. The molecule has 6 heteroatoms. The number of fused-ring (bicyclic) bond motifs is 1. The minimum Gasteiger partial charge on any atom is -0.317 e. The molecule has 1 fully saturated rings. The van der Waals surface area contributed by atoms with E-state index in [-0.39, 0.29) is 24.8 Å². The van der Waals surface area contributed by atoms with E-state index >= 15 is 0 Å². The van der Waals surface area contributed by atoms with Crippen molar-refractivity contribution in [1.82, 2.24) is 15.2 Å². The molecule has 1 aromatic heterocycles. The Kier molecular flexibility index (Phi) is 7.20. The van der Waals surface area contributed by atoms with Crippen LogP contribution in [0.25, 0.3) is 10.2 Å². The van der Waals surface area contributed by atoms with Gasteiger partial charge in [0.15, 0.2) is 0 Å². The number of aromatic nitrogens is 1. The fourth-order valence-electron chi connectivity index (χ4n) is 2.58. The highest BCUT2D eigenvalue weighted by molar-refractivity contribution is 7.18. The molecule has 1 saturated heterocycles. The second-order valence-electron chi connectivity index (χ2n) is 4.97. The lowest BCUT2D eigenvalue weighted by Crippen LogP contribution is -2.40. The Bertz CT molecular complexity index is 493. The molecule has 1 aliphatic heterocycles. The van der Waals surface area contributed by atoms with E-state index in [4.69, 9.17) is 4.98 Å². The molecule has 0 atom stereocenters. The topological polar surface area (TPSA) is 28.2 Å². The average Bonchev–Trinajstić information content (AvgIpc) is 2.82. The van der Waals surface area contributed by atoms with Gasteiger partial charge >= 0.3 is 0 Å². The molecule has 0 spiro atoms. The SMILES string of the molecule is CN(Cc1nc2ccccc2s1)C1CCNCC1.Cl.Cl. The first-order valence-electron chi connectivity index (χ1n) is 6.58. The highest BCUT2D eigenvalue weighted by Gasteiger charge is 2.18. The second-order valence-corrected chi connectivity index (χ2v) is 6.09. The van der Waals surface area contributed by atoms with Crippen LogP contribution in [0.3, 0.4) is 0 Å². The Hall–Kier alpha value is -0.390. The molecule has 1 aromatic carbocycles. The highest BCUT2D eigenvalue weighted by Crippen LogP contribution is 2.23. The standard InChI is InChI=1S/C14H19N3S.2ClH/c1-17(11-6-8-15-9-7-11)10-14-16-12-4-2-3-5-13(12)18-14;;/h2-5,11,15H,6-10H2,1H3;2*1H. The van der Waals surface area contributed by atoms with Crippen LogP contribution in [0.1, 0.15) is 17.8 Å². The van der Waals surface area contributed by atoms with Crippen LogP contribution >= 0.6 is 36.2 Å². The molecule has 3 nitrogen and oxygen atoms in total. The fraction of sp³-hybridized carbons (Fsp3) is 0.500. The maximum atomic E-state index is 4.71. The molecule has 3 rings (SSSR count). The van der Waals surface area contributed by atoms with Gasteiger partial charge in [-0.25, -0.2) is 4.98 Å². The lowest BCUT2D eigenvalue weighted by Gasteiger charge is -2.30. The lowest BCUT2D eigenvalue weighted by atomic mass is 10.1. The Labute approximate surface area is 136 Å². The van der Waals surface area contributed by atoms with E-state index in [1.165, 1.54) is 22.5 Å². The number of nitrogens with one attached hydrogen (secondary N) is 1. The maximum absolute atomic E-state index is 4.71. The van der Waals surface area contributed by atoms with Gasteiger partial charge in [-0.1, -0.05) is 12.1 Å². The summed E-state index contributed by atoms with van der Waals surface area (Å²) in [5.41, 5.74) is 1.14. The third-order valence-corrected chi connectivity index (χ3v) is 4.68. The van der Waals surface area contributed by atoms with Gasteiger partial charge in [0.1, 0.15) is 5.01 Å². The maximum Gasteiger partial charge on any atom is 0.108 e. The Balaban J connectivity index is 0.000001000. The summed E-state index contributed by atoms with van der Waals surface area (Å²) in [4.78, 5) is 7.17. The number of rotatable bonds is 3. The summed E-state index contributed by atoms with van der Waals surface area (Å²) in [5, 5.41) is 4.65. The van der Waals surface area contributed by atoms with Crippen LogP contribution in [0.15, 0.2) is 24.3 Å².